The number of nitrogens with one attached hydrogen (secondary N) is 1. The van der Waals surface area contributed by atoms with Crippen molar-refractivity contribution in [2.24, 2.45) is 7.05 Å². The van der Waals surface area contributed by atoms with E-state index in [2.05, 4.69) is 5.32 Å². The average Bonchev–Trinajstić information content (AvgIpc) is 2.67. The van der Waals surface area contributed by atoms with Crippen LogP contribution in [0, 0.1) is 6.92 Å². The van der Waals surface area contributed by atoms with Crippen LogP contribution < -0.4 is 20.3 Å². The summed E-state index contributed by atoms with van der Waals surface area (Å²) in [6.45, 7) is 3.06. The molecule has 2 heterocycles. The number of pyridine rings is 1. The van der Waals surface area contributed by atoms with Crippen LogP contribution in [0.25, 0.3) is 0 Å². The van der Waals surface area contributed by atoms with E-state index < -0.39 is 0 Å². The Morgan fingerprint density at radius 1 is 1.19 bits per heavy atom. The molecule has 7 heteroatoms. The maximum atomic E-state index is 12.5. The zero-order chi connectivity index (χ0) is 19.4. The molecule has 0 aliphatic carbocycles. The fourth-order valence-corrected chi connectivity index (χ4v) is 3.12. The number of benzene rings is 1. The topological polar surface area (TPSA) is 72.8 Å². The zero-order valence-electron chi connectivity index (χ0n) is 15.9. The normalized spacial score (nSPS) is 14.7. The van der Waals surface area contributed by atoms with Gasteiger partial charge in [-0.25, -0.2) is 4.79 Å². The molecule has 0 radical (unpaired) electrons. The van der Waals surface area contributed by atoms with Crippen molar-refractivity contribution in [1.82, 2.24) is 9.47 Å². The van der Waals surface area contributed by atoms with Gasteiger partial charge in [0.15, 0.2) is 0 Å². The van der Waals surface area contributed by atoms with E-state index in [1.54, 1.807) is 23.6 Å². The Morgan fingerprint density at radius 3 is 2.56 bits per heavy atom. The molecule has 144 valence electrons. The highest BCUT2D eigenvalue weighted by atomic mass is 16.5. The molecule has 1 saturated heterocycles. The van der Waals surface area contributed by atoms with Crippen LogP contribution >= 0.6 is 0 Å². The monoisotopic (exact) mass is 371 g/mol. The Bertz CT molecular complexity index is 870. The molecular formula is C20H25N3O4. The second-order valence-electron chi connectivity index (χ2n) is 6.66. The van der Waals surface area contributed by atoms with E-state index in [1.807, 2.05) is 37.3 Å². The van der Waals surface area contributed by atoms with Crippen LogP contribution in [-0.4, -0.2) is 41.8 Å². The van der Waals surface area contributed by atoms with E-state index in [0.717, 1.165) is 5.69 Å². The molecule has 1 aromatic carbocycles. The van der Waals surface area contributed by atoms with Crippen molar-refractivity contribution in [3.05, 3.63) is 52.4 Å². The number of hydrogen-bond donors (Lipinski definition) is 1. The van der Waals surface area contributed by atoms with Crippen LogP contribution in [0.2, 0.25) is 0 Å². The SMILES string of the molecule is COc1ccccc1NC(=O)N1CCC(Oc2cc(C)n(C)c(=O)c2)CC1. The van der Waals surface area contributed by atoms with E-state index in [-0.39, 0.29) is 17.7 Å². The Hall–Kier alpha value is -2.96. The number of carbonyl (C=O) groups is 1. The number of carbonyl (C=O) groups excluding carboxylic acids is 1. The lowest BCUT2D eigenvalue weighted by atomic mass is 10.1. The second-order valence-corrected chi connectivity index (χ2v) is 6.66. The molecule has 1 aliphatic rings. The molecule has 27 heavy (non-hydrogen) atoms. The van der Waals surface area contributed by atoms with Crippen molar-refractivity contribution < 1.29 is 14.3 Å². The first-order chi connectivity index (χ1) is 13.0. The van der Waals surface area contributed by atoms with Crippen LogP contribution in [-0.2, 0) is 7.05 Å². The minimum Gasteiger partial charge on any atom is -0.495 e. The van der Waals surface area contributed by atoms with Gasteiger partial charge in [0.25, 0.3) is 5.56 Å². The number of amides is 2. The summed E-state index contributed by atoms with van der Waals surface area (Å²) in [6.07, 6.45) is 1.42. The third kappa shape index (κ3) is 4.42. The fourth-order valence-electron chi connectivity index (χ4n) is 3.12. The van der Waals surface area contributed by atoms with Gasteiger partial charge in [0, 0.05) is 44.7 Å². The highest BCUT2D eigenvalue weighted by molar-refractivity contribution is 5.91. The number of rotatable bonds is 4. The summed E-state index contributed by atoms with van der Waals surface area (Å²) in [5.41, 5.74) is 1.42. The molecule has 1 N–H and O–H groups in total. The quantitative estimate of drug-likeness (QED) is 0.897. The molecule has 3 rings (SSSR count). The van der Waals surface area contributed by atoms with Crippen LogP contribution in [0.15, 0.2) is 41.2 Å². The summed E-state index contributed by atoms with van der Waals surface area (Å²) in [6, 6.07) is 10.5. The number of aryl methyl sites for hydroxylation is 1. The van der Waals surface area contributed by atoms with Gasteiger partial charge in [-0.2, -0.15) is 0 Å². The Labute approximate surface area is 158 Å². The number of aromatic nitrogens is 1. The number of anilines is 1. The third-order valence-corrected chi connectivity index (χ3v) is 4.86. The molecule has 0 atom stereocenters. The standard InChI is InChI=1S/C20H25N3O4/c1-14-12-16(13-19(24)22(14)2)27-15-8-10-23(11-9-15)20(25)21-17-6-4-5-7-18(17)26-3/h4-7,12-13,15H,8-11H2,1-3H3,(H,21,25). The molecular weight excluding hydrogens is 346 g/mol. The van der Waals surface area contributed by atoms with E-state index in [9.17, 15) is 9.59 Å². The first kappa shape index (κ1) is 18.8. The summed E-state index contributed by atoms with van der Waals surface area (Å²) < 4.78 is 12.8. The number of para-hydroxylation sites is 2. The first-order valence-electron chi connectivity index (χ1n) is 9.01. The molecule has 2 aromatic rings. The lowest BCUT2D eigenvalue weighted by Crippen LogP contribution is -2.43. The zero-order valence-corrected chi connectivity index (χ0v) is 15.9. The van der Waals surface area contributed by atoms with Gasteiger partial charge < -0.3 is 24.3 Å². The molecule has 7 nitrogen and oxygen atoms in total. The Morgan fingerprint density at radius 2 is 1.89 bits per heavy atom. The molecule has 0 spiro atoms. The second kappa shape index (κ2) is 8.16. The number of nitrogens with zero attached hydrogens (tertiary/aromatic N) is 2. The molecule has 2 amide bonds. The van der Waals surface area contributed by atoms with Gasteiger partial charge in [-0.15, -0.1) is 0 Å². The number of methoxy groups -OCH3 is 1. The minimum absolute atomic E-state index is 0.00758. The van der Waals surface area contributed by atoms with Crippen molar-refractivity contribution in [3.8, 4) is 11.5 Å². The van der Waals surface area contributed by atoms with Crippen LogP contribution in [0.1, 0.15) is 18.5 Å². The van der Waals surface area contributed by atoms with Gasteiger partial charge in [-0.3, -0.25) is 4.79 Å². The molecule has 0 unspecified atom stereocenters. The van der Waals surface area contributed by atoms with E-state index in [0.29, 0.717) is 43.1 Å². The van der Waals surface area contributed by atoms with Gasteiger partial charge in [0.05, 0.1) is 12.8 Å². The summed E-state index contributed by atoms with van der Waals surface area (Å²) in [4.78, 5) is 26.1. The van der Waals surface area contributed by atoms with E-state index >= 15 is 0 Å². The van der Waals surface area contributed by atoms with Crippen molar-refractivity contribution in [3.63, 3.8) is 0 Å². The first-order valence-corrected chi connectivity index (χ1v) is 9.01. The summed E-state index contributed by atoms with van der Waals surface area (Å²) in [7, 11) is 3.31. The van der Waals surface area contributed by atoms with Crippen molar-refractivity contribution in [2.45, 2.75) is 25.9 Å². The Balaban J connectivity index is 1.55. The average molecular weight is 371 g/mol. The van der Waals surface area contributed by atoms with Gasteiger partial charge >= 0.3 is 6.03 Å². The number of likely N-dealkylation sites (tertiary alicyclic amines) is 1. The largest absolute Gasteiger partial charge is 0.495 e. The molecule has 1 aliphatic heterocycles. The number of urea groups is 1. The highest BCUT2D eigenvalue weighted by Gasteiger charge is 2.24. The van der Waals surface area contributed by atoms with Crippen molar-refractivity contribution in [1.29, 1.82) is 0 Å². The van der Waals surface area contributed by atoms with Gasteiger partial charge in [0.2, 0.25) is 0 Å². The van der Waals surface area contributed by atoms with E-state index in [4.69, 9.17) is 9.47 Å². The van der Waals surface area contributed by atoms with Crippen molar-refractivity contribution >= 4 is 11.7 Å². The van der Waals surface area contributed by atoms with E-state index in [1.165, 1.54) is 6.07 Å². The summed E-state index contributed by atoms with van der Waals surface area (Å²) >= 11 is 0. The van der Waals surface area contributed by atoms with Crippen LogP contribution in [0.4, 0.5) is 10.5 Å². The summed E-state index contributed by atoms with van der Waals surface area (Å²) in [5.74, 6) is 1.22. The number of ether oxygens (including phenoxy) is 2. The summed E-state index contributed by atoms with van der Waals surface area (Å²) in [5, 5.41) is 2.89. The maximum absolute atomic E-state index is 12.5. The maximum Gasteiger partial charge on any atom is 0.321 e. The molecule has 0 saturated carbocycles. The van der Waals surface area contributed by atoms with Gasteiger partial charge in [-0.05, 0) is 25.1 Å². The number of hydrogen-bond acceptors (Lipinski definition) is 4. The lowest BCUT2D eigenvalue weighted by Gasteiger charge is -2.32. The highest BCUT2D eigenvalue weighted by Crippen LogP contribution is 2.24. The van der Waals surface area contributed by atoms with Gasteiger partial charge in [0.1, 0.15) is 17.6 Å². The smallest absolute Gasteiger partial charge is 0.321 e. The molecule has 1 aromatic heterocycles. The predicted octanol–water partition coefficient (Wildman–Crippen LogP) is 2.78. The molecule has 1 fully saturated rings. The van der Waals surface area contributed by atoms with Crippen LogP contribution in [0.3, 0.4) is 0 Å². The minimum atomic E-state index is -0.151. The Kier molecular flexibility index (Phi) is 5.69. The third-order valence-electron chi connectivity index (χ3n) is 4.86. The fraction of sp³-hybridized carbons (Fsp3) is 0.400. The predicted molar refractivity (Wildman–Crippen MR) is 104 cm³/mol. The van der Waals surface area contributed by atoms with Gasteiger partial charge in [-0.1, -0.05) is 12.1 Å². The molecule has 0 bridgehead atoms. The number of piperidine rings is 1. The lowest BCUT2D eigenvalue weighted by molar-refractivity contribution is 0.115. The van der Waals surface area contributed by atoms with Crippen LogP contribution in [0.5, 0.6) is 11.5 Å². The van der Waals surface area contributed by atoms with Crippen molar-refractivity contribution in [2.75, 3.05) is 25.5 Å².